The fraction of sp³-hybridized carbons (Fsp3) is 0.412. The molecule has 2 heterocycles. The molecule has 0 aliphatic carbocycles. The Kier molecular flexibility index (Phi) is 5.40. The second-order valence-electron chi connectivity index (χ2n) is 6.23. The molecule has 1 aromatic carbocycles. The van der Waals surface area contributed by atoms with Gasteiger partial charge in [0.25, 0.3) is 5.91 Å². The van der Waals surface area contributed by atoms with Gasteiger partial charge in [-0.3, -0.25) is 9.89 Å². The van der Waals surface area contributed by atoms with Crippen LogP contribution in [0.1, 0.15) is 27.3 Å². The van der Waals surface area contributed by atoms with E-state index in [1.807, 2.05) is 13.0 Å². The first kappa shape index (κ1) is 18.6. The van der Waals surface area contributed by atoms with Crippen molar-refractivity contribution in [2.75, 3.05) is 26.8 Å². The Labute approximate surface area is 152 Å². The van der Waals surface area contributed by atoms with Gasteiger partial charge in [0.1, 0.15) is 5.69 Å². The zero-order valence-electron chi connectivity index (χ0n) is 14.8. The quantitative estimate of drug-likeness (QED) is 0.725. The highest BCUT2D eigenvalue weighted by atomic mass is 32.2. The Balaban J connectivity index is 1.78. The van der Waals surface area contributed by atoms with E-state index in [4.69, 9.17) is 4.74 Å². The molecule has 3 rings (SSSR count). The summed E-state index contributed by atoms with van der Waals surface area (Å²) in [6.07, 6.45) is 0.682. The Morgan fingerprint density at radius 3 is 2.85 bits per heavy atom. The molecule has 0 saturated carbocycles. The van der Waals surface area contributed by atoms with E-state index in [1.165, 1.54) is 7.11 Å². The third-order valence-electron chi connectivity index (χ3n) is 4.31. The van der Waals surface area contributed by atoms with Crippen LogP contribution in [-0.4, -0.2) is 56.2 Å². The minimum atomic E-state index is -3.60. The lowest BCUT2D eigenvalue weighted by Crippen LogP contribution is -2.36. The molecule has 2 aromatic rings. The Morgan fingerprint density at radius 1 is 1.35 bits per heavy atom. The van der Waals surface area contributed by atoms with Crippen molar-refractivity contribution in [2.45, 2.75) is 24.8 Å². The van der Waals surface area contributed by atoms with Gasteiger partial charge in [0.15, 0.2) is 0 Å². The maximum Gasteiger partial charge on any atom is 0.274 e. The molecule has 0 unspecified atom stereocenters. The molecule has 9 heteroatoms. The first-order valence-electron chi connectivity index (χ1n) is 8.32. The van der Waals surface area contributed by atoms with Crippen LogP contribution in [0.25, 0.3) is 0 Å². The van der Waals surface area contributed by atoms with E-state index < -0.39 is 10.0 Å². The number of H-pyrrole nitrogens is 1. The molecule has 1 aliphatic rings. The number of aryl methyl sites for hydroxylation is 1. The summed E-state index contributed by atoms with van der Waals surface area (Å²) in [5.41, 5.74) is 3.09. The summed E-state index contributed by atoms with van der Waals surface area (Å²) in [6, 6.07) is 6.77. The molecule has 0 spiro atoms. The fourth-order valence-corrected chi connectivity index (χ4v) is 3.99. The van der Waals surface area contributed by atoms with Crippen molar-refractivity contribution in [1.29, 1.82) is 0 Å². The van der Waals surface area contributed by atoms with E-state index in [1.54, 1.807) is 23.1 Å². The lowest BCUT2D eigenvalue weighted by atomic mass is 9.99. The van der Waals surface area contributed by atoms with Crippen molar-refractivity contribution in [3.05, 3.63) is 46.8 Å². The number of aromatic nitrogens is 2. The smallest absolute Gasteiger partial charge is 0.274 e. The predicted molar refractivity (Wildman–Crippen MR) is 95.3 cm³/mol. The van der Waals surface area contributed by atoms with Crippen molar-refractivity contribution in [1.82, 2.24) is 19.8 Å². The second-order valence-corrected chi connectivity index (χ2v) is 8.00. The molecule has 140 valence electrons. The molecule has 1 aromatic heterocycles. The number of carbonyl (C=O) groups excluding carboxylic acids is 1. The van der Waals surface area contributed by atoms with Gasteiger partial charge in [-0.25, -0.2) is 13.1 Å². The zero-order chi connectivity index (χ0) is 18.7. The minimum absolute atomic E-state index is 0.161. The summed E-state index contributed by atoms with van der Waals surface area (Å²) in [6.45, 7) is 3.29. The maximum atomic E-state index is 12.6. The summed E-state index contributed by atoms with van der Waals surface area (Å²) in [7, 11) is -2.09. The molecule has 0 bridgehead atoms. The normalized spacial score (nSPS) is 14.3. The highest BCUT2D eigenvalue weighted by Gasteiger charge is 2.25. The van der Waals surface area contributed by atoms with E-state index in [0.29, 0.717) is 31.8 Å². The highest BCUT2D eigenvalue weighted by Crippen LogP contribution is 2.23. The molecule has 26 heavy (non-hydrogen) atoms. The molecule has 0 radical (unpaired) electrons. The number of carbonyl (C=O) groups is 1. The molecule has 2 N–H and O–H groups in total. The molecule has 0 fully saturated rings. The number of nitrogens with zero attached hydrogens (tertiary/aromatic N) is 2. The predicted octanol–water partition coefficient (Wildman–Crippen LogP) is 0.841. The van der Waals surface area contributed by atoms with Gasteiger partial charge in [-0.15, -0.1) is 0 Å². The third-order valence-corrected chi connectivity index (χ3v) is 5.77. The zero-order valence-corrected chi connectivity index (χ0v) is 15.6. The molecule has 1 amide bonds. The van der Waals surface area contributed by atoms with Gasteiger partial charge >= 0.3 is 0 Å². The number of sulfonamides is 1. The van der Waals surface area contributed by atoms with E-state index in [9.17, 15) is 13.2 Å². The molecule has 8 nitrogen and oxygen atoms in total. The number of nitrogens with one attached hydrogen (secondary N) is 2. The number of hydrogen-bond donors (Lipinski definition) is 2. The topological polar surface area (TPSA) is 104 Å². The number of methoxy groups -OCH3 is 1. The van der Waals surface area contributed by atoms with E-state index in [0.717, 1.165) is 16.8 Å². The van der Waals surface area contributed by atoms with Crippen LogP contribution in [-0.2, 0) is 27.7 Å². The summed E-state index contributed by atoms with van der Waals surface area (Å²) in [5, 5.41) is 6.78. The average Bonchev–Trinajstić information content (AvgIpc) is 3.06. The number of rotatable bonds is 6. The number of hydrogen-bond acceptors (Lipinski definition) is 5. The van der Waals surface area contributed by atoms with Gasteiger partial charge < -0.3 is 9.64 Å². The van der Waals surface area contributed by atoms with Gasteiger partial charge in [-0.1, -0.05) is 6.07 Å². The monoisotopic (exact) mass is 378 g/mol. The number of amides is 1. The van der Waals surface area contributed by atoms with E-state index >= 15 is 0 Å². The van der Waals surface area contributed by atoms with Crippen LogP contribution in [0.3, 0.4) is 0 Å². The van der Waals surface area contributed by atoms with Crippen molar-refractivity contribution < 1.29 is 17.9 Å². The maximum absolute atomic E-state index is 12.6. The van der Waals surface area contributed by atoms with Crippen molar-refractivity contribution in [2.24, 2.45) is 0 Å². The summed E-state index contributed by atoms with van der Waals surface area (Å²) in [4.78, 5) is 14.5. The lowest BCUT2D eigenvalue weighted by molar-refractivity contribution is 0.0728. The standard InChI is InChI=1S/C17H22N4O4S/c1-12-9-16(20-19-12)17(22)21-7-5-13-3-4-15(10-14(13)11-21)26(23,24)18-6-8-25-2/h3-4,9-10,18H,5-8,11H2,1-2H3,(H,19,20). The van der Waals surface area contributed by atoms with Crippen LogP contribution in [0.15, 0.2) is 29.2 Å². The van der Waals surface area contributed by atoms with Crippen molar-refractivity contribution in [3.63, 3.8) is 0 Å². The largest absolute Gasteiger partial charge is 0.383 e. The number of aromatic amines is 1. The van der Waals surface area contributed by atoms with Crippen LogP contribution in [0.4, 0.5) is 0 Å². The molecule has 0 atom stereocenters. The van der Waals surface area contributed by atoms with Crippen LogP contribution < -0.4 is 4.72 Å². The van der Waals surface area contributed by atoms with E-state index in [-0.39, 0.29) is 17.3 Å². The van der Waals surface area contributed by atoms with Crippen molar-refractivity contribution in [3.8, 4) is 0 Å². The third kappa shape index (κ3) is 3.95. The minimum Gasteiger partial charge on any atom is -0.383 e. The fourth-order valence-electron chi connectivity index (χ4n) is 2.92. The van der Waals surface area contributed by atoms with E-state index in [2.05, 4.69) is 14.9 Å². The van der Waals surface area contributed by atoms with Crippen LogP contribution in [0.2, 0.25) is 0 Å². The summed E-state index contributed by atoms with van der Waals surface area (Å²) < 4.78 is 32.1. The van der Waals surface area contributed by atoms with Crippen LogP contribution in [0.5, 0.6) is 0 Å². The Hall–Kier alpha value is -2.23. The highest BCUT2D eigenvalue weighted by molar-refractivity contribution is 7.89. The molecule has 1 aliphatic heterocycles. The number of ether oxygens (including phenoxy) is 1. The van der Waals surface area contributed by atoms with Gasteiger partial charge in [-0.05, 0) is 42.7 Å². The first-order valence-corrected chi connectivity index (χ1v) is 9.81. The molecular weight excluding hydrogens is 356 g/mol. The lowest BCUT2D eigenvalue weighted by Gasteiger charge is -2.28. The van der Waals surface area contributed by atoms with Crippen molar-refractivity contribution >= 4 is 15.9 Å². The van der Waals surface area contributed by atoms with Gasteiger partial charge in [0, 0.05) is 32.4 Å². The van der Waals surface area contributed by atoms with Crippen LogP contribution >= 0.6 is 0 Å². The second kappa shape index (κ2) is 7.56. The summed E-state index contributed by atoms with van der Waals surface area (Å²) in [5.74, 6) is -0.161. The Bertz CT molecular complexity index is 907. The van der Waals surface area contributed by atoms with Gasteiger partial charge in [-0.2, -0.15) is 5.10 Å². The number of benzene rings is 1. The van der Waals surface area contributed by atoms with Gasteiger partial charge in [0.2, 0.25) is 10.0 Å². The van der Waals surface area contributed by atoms with Gasteiger partial charge in [0.05, 0.1) is 11.5 Å². The Morgan fingerprint density at radius 2 is 2.15 bits per heavy atom. The first-order chi connectivity index (χ1) is 12.4. The SMILES string of the molecule is COCCNS(=O)(=O)c1ccc2c(c1)CN(C(=O)c1cc(C)[nH]n1)CC2. The summed E-state index contributed by atoms with van der Waals surface area (Å²) >= 11 is 0. The molecule has 0 saturated heterocycles. The van der Waals surface area contributed by atoms with Crippen LogP contribution in [0, 0.1) is 6.92 Å². The molecular formula is C17H22N4O4S. The number of fused-ring (bicyclic) bond motifs is 1. The average molecular weight is 378 g/mol.